The molecule has 4 rings (SSSR count). The molecular formula is C25H30BrClN4O6. The first kappa shape index (κ1) is 27.4. The molecular weight excluding hydrogens is 568 g/mol. The van der Waals surface area contributed by atoms with E-state index in [1.807, 2.05) is 19.1 Å². The van der Waals surface area contributed by atoms with Gasteiger partial charge in [-0.05, 0) is 92.9 Å². The van der Waals surface area contributed by atoms with Crippen molar-refractivity contribution in [2.45, 2.75) is 70.1 Å². The van der Waals surface area contributed by atoms with Crippen LogP contribution in [0, 0.1) is 5.92 Å². The van der Waals surface area contributed by atoms with E-state index in [0.29, 0.717) is 30.2 Å². The average molecular weight is 598 g/mol. The largest absolute Gasteiger partial charge is 0.491 e. The van der Waals surface area contributed by atoms with Crippen molar-refractivity contribution in [1.29, 1.82) is 0 Å². The van der Waals surface area contributed by atoms with Gasteiger partial charge in [-0.3, -0.25) is 4.79 Å². The maximum atomic E-state index is 12.3. The highest BCUT2D eigenvalue weighted by Gasteiger charge is 2.47. The number of carbonyl (C=O) groups excluding carboxylic acids is 2. The number of rotatable bonds is 8. The van der Waals surface area contributed by atoms with Gasteiger partial charge in [-0.1, -0.05) is 16.8 Å². The van der Waals surface area contributed by atoms with Crippen LogP contribution in [0.5, 0.6) is 5.75 Å². The fourth-order valence-corrected chi connectivity index (χ4v) is 5.41. The van der Waals surface area contributed by atoms with Crippen molar-refractivity contribution in [2.75, 3.05) is 6.61 Å². The molecule has 10 nitrogen and oxygen atoms in total. The number of aliphatic hydroxyl groups is 1. The summed E-state index contributed by atoms with van der Waals surface area (Å²) in [5, 5.41) is 20.9. The van der Waals surface area contributed by atoms with Crippen molar-refractivity contribution in [3.8, 4) is 5.75 Å². The predicted molar refractivity (Wildman–Crippen MR) is 140 cm³/mol. The van der Waals surface area contributed by atoms with E-state index < -0.39 is 17.3 Å². The Labute approximate surface area is 228 Å². The number of nitrogens with zero attached hydrogens (tertiary/aromatic N) is 2. The molecule has 2 aromatic rings. The van der Waals surface area contributed by atoms with Gasteiger partial charge >= 0.3 is 6.09 Å². The highest BCUT2D eigenvalue weighted by atomic mass is 79.9. The maximum Gasteiger partial charge on any atom is 0.428 e. The average Bonchev–Trinajstić information content (AvgIpc) is 3.26. The molecule has 0 unspecified atom stereocenters. The Balaban J connectivity index is 1.41. The van der Waals surface area contributed by atoms with Crippen LogP contribution in [0.2, 0.25) is 5.15 Å². The van der Waals surface area contributed by atoms with Crippen molar-refractivity contribution in [3.63, 3.8) is 0 Å². The first-order valence-corrected chi connectivity index (χ1v) is 13.3. The fraction of sp³-hybridized carbons (Fsp3) is 0.520. The number of carbonyl (C=O) groups is 2. The minimum absolute atomic E-state index is 0.0731. The second-order valence-electron chi connectivity index (χ2n) is 10.3. The molecule has 1 aromatic carbocycles. The summed E-state index contributed by atoms with van der Waals surface area (Å²) in [4.78, 5) is 24.5. The Bertz CT molecular complexity index is 1190. The Hall–Kier alpha value is -2.63. The van der Waals surface area contributed by atoms with Crippen LogP contribution in [0.15, 0.2) is 38.4 Å². The van der Waals surface area contributed by atoms with E-state index in [1.165, 1.54) is 6.07 Å². The minimum atomic E-state index is -0.955. The third-order valence-electron chi connectivity index (χ3n) is 6.45. The van der Waals surface area contributed by atoms with Crippen LogP contribution >= 0.6 is 27.5 Å². The molecule has 1 spiro atoms. The lowest BCUT2D eigenvalue weighted by Crippen LogP contribution is -2.52. The third-order valence-corrected chi connectivity index (χ3v) is 7.28. The number of aromatic nitrogens is 1. The van der Waals surface area contributed by atoms with Crippen molar-refractivity contribution in [2.24, 2.45) is 11.0 Å². The van der Waals surface area contributed by atoms with Gasteiger partial charge in [0.2, 0.25) is 5.76 Å². The normalized spacial score (nSPS) is 22.6. The van der Waals surface area contributed by atoms with Gasteiger partial charge in [-0.25, -0.2) is 10.2 Å². The van der Waals surface area contributed by atoms with Gasteiger partial charge in [0, 0.05) is 22.1 Å². The standard InChI is InChI=1S/C25H30BrClN4O6/c1-14(28-22(32)19-12-20(27)31-37-19)10-15-6-8-25(9-7-15)21(29-30-23(33)36-25)17-5-4-16(11-18(17)26)35-13-24(2,3)34/h4-5,11-12,14-15,34H,6-10,13H2,1-3H3,(H,28,32)(H,30,33)/t14-,15?,25?/m0/s1. The Morgan fingerprint density at radius 1 is 1.38 bits per heavy atom. The summed E-state index contributed by atoms with van der Waals surface area (Å²) in [6, 6.07) is 6.77. The smallest absolute Gasteiger partial charge is 0.428 e. The Morgan fingerprint density at radius 2 is 2.11 bits per heavy atom. The van der Waals surface area contributed by atoms with Crippen molar-refractivity contribution < 1.29 is 28.7 Å². The van der Waals surface area contributed by atoms with Crippen LogP contribution in [0.4, 0.5) is 4.79 Å². The summed E-state index contributed by atoms with van der Waals surface area (Å²) in [6.45, 7) is 5.44. The summed E-state index contributed by atoms with van der Waals surface area (Å²) in [6.07, 6.45) is 2.99. The number of amides is 2. The van der Waals surface area contributed by atoms with E-state index in [0.717, 1.165) is 29.3 Å². The first-order valence-electron chi connectivity index (χ1n) is 12.1. The van der Waals surface area contributed by atoms with Crippen LogP contribution in [0.25, 0.3) is 0 Å². The molecule has 200 valence electrons. The van der Waals surface area contributed by atoms with Gasteiger partial charge in [0.15, 0.2) is 10.8 Å². The van der Waals surface area contributed by atoms with Crippen molar-refractivity contribution >= 4 is 45.2 Å². The molecule has 0 bridgehead atoms. The first-order chi connectivity index (χ1) is 17.4. The summed E-state index contributed by atoms with van der Waals surface area (Å²) in [5.41, 5.74) is 2.08. The fourth-order valence-electron chi connectivity index (χ4n) is 4.73. The van der Waals surface area contributed by atoms with Gasteiger partial charge in [-0.15, -0.1) is 0 Å². The molecule has 37 heavy (non-hydrogen) atoms. The van der Waals surface area contributed by atoms with Crippen LogP contribution in [-0.4, -0.2) is 51.8 Å². The number of hydrogen-bond donors (Lipinski definition) is 3. The lowest BCUT2D eigenvalue weighted by molar-refractivity contribution is 0.0153. The number of hydrazone groups is 1. The van der Waals surface area contributed by atoms with E-state index in [2.05, 4.69) is 36.9 Å². The number of benzene rings is 1. The van der Waals surface area contributed by atoms with Crippen molar-refractivity contribution in [3.05, 3.63) is 45.2 Å². The Kier molecular flexibility index (Phi) is 8.15. The molecule has 1 aliphatic heterocycles. The zero-order valence-electron chi connectivity index (χ0n) is 20.8. The zero-order valence-corrected chi connectivity index (χ0v) is 23.2. The molecule has 2 amide bonds. The van der Waals surface area contributed by atoms with Gasteiger partial charge in [0.25, 0.3) is 5.91 Å². The zero-order chi connectivity index (χ0) is 26.8. The lowest BCUT2D eigenvalue weighted by atomic mass is 9.73. The van der Waals surface area contributed by atoms with E-state index >= 15 is 0 Å². The van der Waals surface area contributed by atoms with E-state index in [1.54, 1.807) is 19.9 Å². The minimum Gasteiger partial charge on any atom is -0.491 e. The topological polar surface area (TPSA) is 135 Å². The van der Waals surface area contributed by atoms with Crippen LogP contribution < -0.4 is 15.5 Å². The second kappa shape index (κ2) is 11.0. The Morgan fingerprint density at radius 3 is 2.73 bits per heavy atom. The quantitative estimate of drug-likeness (QED) is 0.397. The van der Waals surface area contributed by atoms with Crippen LogP contribution in [0.1, 0.15) is 69.0 Å². The number of halogens is 2. The lowest BCUT2D eigenvalue weighted by Gasteiger charge is -2.42. The summed E-state index contributed by atoms with van der Waals surface area (Å²) in [5.74, 6) is 0.639. The highest BCUT2D eigenvalue weighted by Crippen LogP contribution is 2.42. The second-order valence-corrected chi connectivity index (χ2v) is 11.5. The molecule has 1 atom stereocenters. The molecule has 2 heterocycles. The van der Waals surface area contributed by atoms with Gasteiger partial charge < -0.3 is 24.4 Å². The van der Waals surface area contributed by atoms with Crippen LogP contribution in [0.3, 0.4) is 0 Å². The van der Waals surface area contributed by atoms with E-state index in [-0.39, 0.29) is 29.5 Å². The predicted octanol–water partition coefficient (Wildman–Crippen LogP) is 4.82. The molecule has 2 aliphatic rings. The molecule has 0 radical (unpaired) electrons. The molecule has 1 fully saturated rings. The SMILES string of the molecule is C[C@@H](CC1CCC2(CC1)OC(=O)NN=C2c1ccc(OCC(C)(C)O)cc1Br)NC(=O)c1cc(Cl)no1. The summed E-state index contributed by atoms with van der Waals surface area (Å²) < 4.78 is 17.2. The van der Waals surface area contributed by atoms with Gasteiger partial charge in [0.05, 0.1) is 5.60 Å². The highest BCUT2D eigenvalue weighted by molar-refractivity contribution is 9.10. The number of nitrogens with one attached hydrogen (secondary N) is 2. The van der Waals surface area contributed by atoms with Gasteiger partial charge in [-0.2, -0.15) is 5.10 Å². The van der Waals surface area contributed by atoms with Gasteiger partial charge in [0.1, 0.15) is 18.1 Å². The summed E-state index contributed by atoms with van der Waals surface area (Å²) >= 11 is 9.33. The maximum absolute atomic E-state index is 12.3. The molecule has 1 saturated carbocycles. The molecule has 1 aromatic heterocycles. The van der Waals surface area contributed by atoms with E-state index in [9.17, 15) is 14.7 Å². The van der Waals surface area contributed by atoms with Crippen molar-refractivity contribution in [1.82, 2.24) is 15.9 Å². The molecule has 12 heteroatoms. The molecule has 1 aliphatic carbocycles. The number of hydrogen-bond acceptors (Lipinski definition) is 8. The number of ether oxygens (including phenoxy) is 2. The molecule has 0 saturated heterocycles. The van der Waals surface area contributed by atoms with E-state index in [4.69, 9.17) is 25.6 Å². The monoisotopic (exact) mass is 596 g/mol. The summed E-state index contributed by atoms with van der Waals surface area (Å²) in [7, 11) is 0. The van der Waals surface area contributed by atoms with Crippen LogP contribution in [-0.2, 0) is 4.74 Å². The third kappa shape index (κ3) is 6.82. The molecule has 3 N–H and O–H groups in total.